The topological polar surface area (TPSA) is 66.0 Å². The van der Waals surface area contributed by atoms with Gasteiger partial charge in [-0.05, 0) is 29.8 Å². The Labute approximate surface area is 111 Å². The quantitative estimate of drug-likeness (QED) is 0.652. The van der Waals surface area contributed by atoms with Crippen LogP contribution in [-0.4, -0.2) is 17.9 Å². The Balaban J connectivity index is 2.15. The Bertz CT molecular complexity index is 580. The maximum atomic E-state index is 12.8. The van der Waals surface area contributed by atoms with Crippen LogP contribution in [-0.2, 0) is 6.54 Å². The van der Waals surface area contributed by atoms with Gasteiger partial charge in [-0.25, -0.2) is 4.39 Å². The number of halogens is 1. The van der Waals surface area contributed by atoms with Crippen molar-refractivity contribution in [2.75, 3.05) is 11.9 Å². The first-order chi connectivity index (χ1) is 9.06. The number of hydrogen-bond acceptors (Lipinski definition) is 3. The molecular weight excluding hydrogens is 243 g/mol. The van der Waals surface area contributed by atoms with Gasteiger partial charge in [-0.1, -0.05) is 12.1 Å². The van der Waals surface area contributed by atoms with Crippen LogP contribution < -0.4 is 10.6 Å². The lowest BCUT2D eigenvalue weighted by Crippen LogP contribution is -2.18. The van der Waals surface area contributed by atoms with E-state index in [1.165, 1.54) is 12.1 Å². The van der Waals surface area contributed by atoms with Crippen molar-refractivity contribution in [3.63, 3.8) is 0 Å². The average molecular weight is 258 g/mol. The lowest BCUT2D eigenvalue weighted by molar-refractivity contribution is 0.627. The van der Waals surface area contributed by atoms with Gasteiger partial charge in [-0.2, -0.15) is 0 Å². The number of nitrogens with two attached hydrogens (primary N) is 1. The summed E-state index contributed by atoms with van der Waals surface area (Å²) in [6, 6.07) is 9.98. The first-order valence-corrected chi connectivity index (χ1v) is 5.82. The lowest BCUT2D eigenvalue weighted by Gasteiger charge is -2.19. The number of hydrogen-bond donors (Lipinski definition) is 2. The molecule has 5 heteroatoms. The Morgan fingerprint density at radius 2 is 2.00 bits per heavy atom. The Morgan fingerprint density at radius 3 is 2.63 bits per heavy atom. The molecule has 98 valence electrons. The summed E-state index contributed by atoms with van der Waals surface area (Å²) in [5, 5.41) is 7.37. The highest BCUT2D eigenvalue weighted by atomic mass is 19.1. The van der Waals surface area contributed by atoms with Crippen LogP contribution in [0, 0.1) is 11.2 Å². The third-order valence-electron chi connectivity index (χ3n) is 2.79. The van der Waals surface area contributed by atoms with E-state index in [0.29, 0.717) is 12.2 Å². The number of nitrogens with one attached hydrogen (secondary N) is 1. The van der Waals surface area contributed by atoms with Gasteiger partial charge in [-0.3, -0.25) is 10.4 Å². The molecule has 0 atom stereocenters. The van der Waals surface area contributed by atoms with Crippen molar-refractivity contribution < 1.29 is 4.39 Å². The van der Waals surface area contributed by atoms with Crippen LogP contribution in [0.2, 0.25) is 0 Å². The molecule has 0 aliphatic heterocycles. The fraction of sp³-hybridized carbons (Fsp3) is 0.143. The van der Waals surface area contributed by atoms with Crippen LogP contribution in [0.1, 0.15) is 11.3 Å². The fourth-order valence-corrected chi connectivity index (χ4v) is 1.76. The van der Waals surface area contributed by atoms with Gasteiger partial charge >= 0.3 is 0 Å². The zero-order valence-electron chi connectivity index (χ0n) is 10.6. The molecule has 0 unspecified atom stereocenters. The molecule has 1 heterocycles. The monoisotopic (exact) mass is 258 g/mol. The predicted octanol–water partition coefficient (Wildman–Crippen LogP) is 2.14. The van der Waals surface area contributed by atoms with Crippen LogP contribution in [0.4, 0.5) is 10.1 Å². The van der Waals surface area contributed by atoms with Crippen molar-refractivity contribution in [2.45, 2.75) is 6.54 Å². The molecule has 0 saturated carbocycles. The summed E-state index contributed by atoms with van der Waals surface area (Å²) in [7, 11) is 1.92. The molecule has 0 aliphatic carbocycles. The lowest BCUT2D eigenvalue weighted by atomic mass is 10.2. The number of aromatic nitrogens is 1. The van der Waals surface area contributed by atoms with Gasteiger partial charge in [0.25, 0.3) is 0 Å². The Hall–Kier alpha value is -2.43. The second-order valence-electron chi connectivity index (χ2n) is 4.30. The molecular formula is C14H15FN4. The summed E-state index contributed by atoms with van der Waals surface area (Å²) in [5.41, 5.74) is 7.77. The average Bonchev–Trinajstić information content (AvgIpc) is 2.41. The van der Waals surface area contributed by atoms with Crippen molar-refractivity contribution in [3.05, 3.63) is 59.7 Å². The highest BCUT2D eigenvalue weighted by molar-refractivity contribution is 5.93. The number of rotatable bonds is 4. The minimum absolute atomic E-state index is 0.0583. The van der Waals surface area contributed by atoms with Crippen LogP contribution in [0.15, 0.2) is 42.6 Å². The Morgan fingerprint density at radius 1 is 1.32 bits per heavy atom. The maximum absolute atomic E-state index is 12.8. The molecule has 4 nitrogen and oxygen atoms in total. The van der Waals surface area contributed by atoms with E-state index in [1.807, 2.05) is 18.0 Å². The second-order valence-corrected chi connectivity index (χ2v) is 4.30. The summed E-state index contributed by atoms with van der Waals surface area (Å²) in [6.45, 7) is 0.641. The summed E-state index contributed by atoms with van der Waals surface area (Å²) in [6.07, 6.45) is 1.62. The van der Waals surface area contributed by atoms with E-state index >= 15 is 0 Å². The van der Waals surface area contributed by atoms with Crippen molar-refractivity contribution in [3.8, 4) is 0 Å². The molecule has 0 fully saturated rings. The number of pyridine rings is 1. The molecule has 1 aromatic heterocycles. The third kappa shape index (κ3) is 3.28. The summed E-state index contributed by atoms with van der Waals surface area (Å²) in [4.78, 5) is 6.00. The van der Waals surface area contributed by atoms with E-state index in [2.05, 4.69) is 4.98 Å². The van der Waals surface area contributed by atoms with E-state index in [1.54, 1.807) is 24.4 Å². The summed E-state index contributed by atoms with van der Waals surface area (Å²) < 4.78 is 12.8. The first kappa shape index (κ1) is 13.0. The van der Waals surface area contributed by atoms with E-state index in [0.717, 1.165) is 11.3 Å². The molecule has 0 saturated heterocycles. The van der Waals surface area contributed by atoms with E-state index in [-0.39, 0.29) is 11.7 Å². The van der Waals surface area contributed by atoms with Crippen LogP contribution in [0.25, 0.3) is 0 Å². The van der Waals surface area contributed by atoms with E-state index in [4.69, 9.17) is 11.1 Å². The van der Waals surface area contributed by atoms with Crippen molar-refractivity contribution in [1.29, 1.82) is 5.41 Å². The molecule has 3 N–H and O–H groups in total. The molecule has 0 amide bonds. The van der Waals surface area contributed by atoms with Gasteiger partial charge in [-0.15, -0.1) is 0 Å². The number of nitrogens with zero attached hydrogens (tertiary/aromatic N) is 2. The predicted molar refractivity (Wildman–Crippen MR) is 73.8 cm³/mol. The third-order valence-corrected chi connectivity index (χ3v) is 2.79. The van der Waals surface area contributed by atoms with Crippen molar-refractivity contribution >= 4 is 11.5 Å². The molecule has 0 bridgehead atoms. The van der Waals surface area contributed by atoms with Crippen molar-refractivity contribution in [2.24, 2.45) is 5.73 Å². The fourth-order valence-electron chi connectivity index (χ4n) is 1.76. The maximum Gasteiger partial charge on any atom is 0.141 e. The molecule has 0 aliphatic rings. The SMILES string of the molecule is CN(Cc1ccc(F)cc1)c1ccnc(C(=N)N)c1. The van der Waals surface area contributed by atoms with Crippen LogP contribution in [0.3, 0.4) is 0 Å². The van der Waals surface area contributed by atoms with Crippen LogP contribution in [0.5, 0.6) is 0 Å². The highest BCUT2D eigenvalue weighted by Gasteiger charge is 2.05. The zero-order chi connectivity index (χ0) is 13.8. The number of anilines is 1. The summed E-state index contributed by atoms with van der Waals surface area (Å²) >= 11 is 0. The standard InChI is InChI=1S/C14H15FN4/c1-19(9-10-2-4-11(15)5-3-10)12-6-7-18-13(8-12)14(16)17/h2-8H,9H2,1H3,(H3,16,17). The van der Waals surface area contributed by atoms with E-state index in [9.17, 15) is 4.39 Å². The molecule has 1 aromatic carbocycles. The second kappa shape index (κ2) is 5.48. The molecule has 0 spiro atoms. The molecule has 2 rings (SSSR count). The van der Waals surface area contributed by atoms with Gasteiger partial charge in [0.2, 0.25) is 0 Å². The summed E-state index contributed by atoms with van der Waals surface area (Å²) in [5.74, 6) is -0.300. The van der Waals surface area contributed by atoms with Crippen molar-refractivity contribution in [1.82, 2.24) is 4.98 Å². The normalized spacial score (nSPS) is 10.2. The van der Waals surface area contributed by atoms with Crippen LogP contribution >= 0.6 is 0 Å². The number of nitrogen functional groups attached to an aromatic ring is 1. The highest BCUT2D eigenvalue weighted by Crippen LogP contribution is 2.16. The van der Waals surface area contributed by atoms with E-state index < -0.39 is 0 Å². The molecule has 0 radical (unpaired) electrons. The zero-order valence-corrected chi connectivity index (χ0v) is 10.6. The Kier molecular flexibility index (Phi) is 3.75. The van der Waals surface area contributed by atoms with Gasteiger partial charge < -0.3 is 10.6 Å². The molecule has 2 aromatic rings. The largest absolute Gasteiger partial charge is 0.382 e. The first-order valence-electron chi connectivity index (χ1n) is 5.82. The number of amidine groups is 1. The van der Waals surface area contributed by atoms with Gasteiger partial charge in [0.15, 0.2) is 0 Å². The number of benzene rings is 1. The minimum atomic E-state index is -0.241. The minimum Gasteiger partial charge on any atom is -0.382 e. The van der Waals surface area contributed by atoms with Gasteiger partial charge in [0, 0.05) is 25.5 Å². The smallest absolute Gasteiger partial charge is 0.141 e. The van der Waals surface area contributed by atoms with Gasteiger partial charge in [0.05, 0.1) is 0 Å². The van der Waals surface area contributed by atoms with Gasteiger partial charge in [0.1, 0.15) is 17.3 Å². The molecule has 19 heavy (non-hydrogen) atoms.